The Labute approximate surface area is 128 Å². The molecule has 21 heavy (non-hydrogen) atoms. The molecule has 0 aromatic rings. The summed E-state index contributed by atoms with van der Waals surface area (Å²) < 4.78 is 10.7. The van der Waals surface area contributed by atoms with Crippen molar-refractivity contribution in [3.8, 4) is 0 Å². The van der Waals surface area contributed by atoms with Crippen LogP contribution in [0.1, 0.15) is 46.0 Å². The van der Waals surface area contributed by atoms with E-state index < -0.39 is 5.54 Å². The van der Waals surface area contributed by atoms with E-state index in [-0.39, 0.29) is 5.97 Å². The molecule has 2 fully saturated rings. The lowest BCUT2D eigenvalue weighted by molar-refractivity contribution is -0.148. The highest BCUT2D eigenvalue weighted by atomic mass is 16.5. The molecule has 2 atom stereocenters. The van der Waals surface area contributed by atoms with Gasteiger partial charge in [0.1, 0.15) is 5.54 Å². The van der Waals surface area contributed by atoms with Gasteiger partial charge >= 0.3 is 5.97 Å². The molecule has 1 N–H and O–H groups in total. The number of ether oxygens (including phenoxy) is 2. The quantitative estimate of drug-likeness (QED) is 0.689. The van der Waals surface area contributed by atoms with Crippen LogP contribution in [0.5, 0.6) is 0 Å². The number of hydrogen-bond acceptors (Lipinski definition) is 5. The zero-order chi connectivity index (χ0) is 15.3. The average molecular weight is 298 g/mol. The molecule has 0 spiro atoms. The summed E-state index contributed by atoms with van der Waals surface area (Å²) in [5.41, 5.74) is -0.535. The minimum absolute atomic E-state index is 0.136. The van der Waals surface area contributed by atoms with Crippen LogP contribution in [-0.2, 0) is 14.3 Å². The Bertz CT molecular complexity index is 346. The third-order valence-electron chi connectivity index (χ3n) is 4.57. The van der Waals surface area contributed by atoms with E-state index in [1.165, 1.54) is 20.0 Å². The minimum atomic E-state index is -0.535. The molecule has 0 amide bonds. The summed E-state index contributed by atoms with van der Waals surface area (Å²) in [4.78, 5) is 14.5. The molecule has 122 valence electrons. The predicted octanol–water partition coefficient (Wildman–Crippen LogP) is 1.56. The molecule has 1 saturated carbocycles. The van der Waals surface area contributed by atoms with E-state index in [1.54, 1.807) is 0 Å². The Morgan fingerprint density at radius 3 is 2.86 bits per heavy atom. The van der Waals surface area contributed by atoms with Gasteiger partial charge in [0.05, 0.1) is 19.8 Å². The summed E-state index contributed by atoms with van der Waals surface area (Å²) in [6.07, 6.45) is 5.61. The van der Waals surface area contributed by atoms with Crippen molar-refractivity contribution < 1.29 is 14.3 Å². The number of carbonyl (C=O) groups is 1. The number of esters is 1. The summed E-state index contributed by atoms with van der Waals surface area (Å²) in [6.45, 7) is 8.02. The first-order chi connectivity index (χ1) is 10.1. The highest BCUT2D eigenvalue weighted by molar-refractivity contribution is 5.80. The van der Waals surface area contributed by atoms with Crippen LogP contribution in [0.25, 0.3) is 0 Å². The van der Waals surface area contributed by atoms with Crippen molar-refractivity contribution in [2.75, 3.05) is 33.4 Å². The Balaban J connectivity index is 1.77. The molecule has 1 aliphatic carbocycles. The smallest absolute Gasteiger partial charge is 0.325 e. The van der Waals surface area contributed by atoms with Gasteiger partial charge in [-0.1, -0.05) is 6.92 Å². The highest BCUT2D eigenvalue weighted by Crippen LogP contribution is 2.25. The fraction of sp³-hybridized carbons (Fsp3) is 0.938. The normalized spacial score (nSPS) is 26.3. The number of methoxy groups -OCH3 is 1. The Kier molecular flexibility index (Phi) is 6.02. The van der Waals surface area contributed by atoms with Crippen LogP contribution in [0.4, 0.5) is 0 Å². The monoisotopic (exact) mass is 298 g/mol. The zero-order valence-electron chi connectivity index (χ0n) is 13.7. The summed E-state index contributed by atoms with van der Waals surface area (Å²) in [5.74, 6) is -0.136. The van der Waals surface area contributed by atoms with Crippen molar-refractivity contribution in [2.45, 2.75) is 63.6 Å². The highest BCUT2D eigenvalue weighted by Gasteiger charge is 2.39. The fourth-order valence-electron chi connectivity index (χ4n) is 3.02. The summed E-state index contributed by atoms with van der Waals surface area (Å²) in [5, 5.41) is 3.46. The van der Waals surface area contributed by atoms with Gasteiger partial charge in [-0.2, -0.15) is 0 Å². The van der Waals surface area contributed by atoms with Crippen molar-refractivity contribution in [3.05, 3.63) is 0 Å². The first-order valence-corrected chi connectivity index (χ1v) is 8.27. The molecule has 0 bridgehead atoms. The standard InChI is InChI=1S/C16H30N2O3/c1-4-14-12-18(10-11-21-14)9-5-8-16(2,15(19)20-3)17-13-6-7-13/h13-14,17H,4-12H2,1-3H3. The van der Waals surface area contributed by atoms with Crippen molar-refractivity contribution in [3.63, 3.8) is 0 Å². The predicted molar refractivity (Wildman–Crippen MR) is 82.3 cm³/mol. The van der Waals surface area contributed by atoms with Gasteiger partial charge in [-0.05, 0) is 45.6 Å². The largest absolute Gasteiger partial charge is 0.468 e. The Hall–Kier alpha value is -0.650. The molecule has 0 aromatic carbocycles. The lowest BCUT2D eigenvalue weighted by Crippen LogP contribution is -2.51. The molecule has 2 aliphatic rings. The van der Waals surface area contributed by atoms with Crippen molar-refractivity contribution in [1.82, 2.24) is 10.2 Å². The molecule has 2 rings (SSSR count). The van der Waals surface area contributed by atoms with E-state index in [4.69, 9.17) is 9.47 Å². The van der Waals surface area contributed by atoms with Gasteiger partial charge in [-0.3, -0.25) is 15.0 Å². The third kappa shape index (κ3) is 4.94. The zero-order valence-corrected chi connectivity index (χ0v) is 13.7. The van der Waals surface area contributed by atoms with Crippen LogP contribution >= 0.6 is 0 Å². The number of carbonyl (C=O) groups excluding carboxylic acids is 1. The van der Waals surface area contributed by atoms with Gasteiger partial charge in [0.25, 0.3) is 0 Å². The van der Waals surface area contributed by atoms with Crippen molar-refractivity contribution in [1.29, 1.82) is 0 Å². The molecule has 5 heteroatoms. The van der Waals surface area contributed by atoms with Crippen LogP contribution in [0.15, 0.2) is 0 Å². The molecular formula is C16H30N2O3. The molecule has 0 aromatic heterocycles. The topological polar surface area (TPSA) is 50.8 Å². The molecule has 0 radical (unpaired) electrons. The first-order valence-electron chi connectivity index (χ1n) is 8.27. The van der Waals surface area contributed by atoms with E-state index in [0.29, 0.717) is 12.1 Å². The van der Waals surface area contributed by atoms with E-state index in [9.17, 15) is 4.79 Å². The van der Waals surface area contributed by atoms with Gasteiger partial charge in [0, 0.05) is 19.1 Å². The fourth-order valence-corrected chi connectivity index (χ4v) is 3.02. The second-order valence-corrected chi connectivity index (χ2v) is 6.55. The second-order valence-electron chi connectivity index (χ2n) is 6.55. The lowest BCUT2D eigenvalue weighted by atomic mass is 9.95. The van der Waals surface area contributed by atoms with E-state index in [2.05, 4.69) is 17.1 Å². The van der Waals surface area contributed by atoms with Crippen LogP contribution < -0.4 is 5.32 Å². The first kappa shape index (κ1) is 16.7. The lowest BCUT2D eigenvalue weighted by Gasteiger charge is -2.34. The van der Waals surface area contributed by atoms with Gasteiger partial charge < -0.3 is 9.47 Å². The number of hydrogen-bond donors (Lipinski definition) is 1. The van der Waals surface area contributed by atoms with E-state index in [1.807, 2.05) is 6.92 Å². The molecule has 1 saturated heterocycles. The summed E-state index contributed by atoms with van der Waals surface area (Å²) >= 11 is 0. The van der Waals surface area contributed by atoms with Crippen molar-refractivity contribution in [2.24, 2.45) is 0 Å². The second kappa shape index (κ2) is 7.56. The van der Waals surface area contributed by atoms with Crippen molar-refractivity contribution >= 4 is 5.97 Å². The Morgan fingerprint density at radius 1 is 1.48 bits per heavy atom. The molecular weight excluding hydrogens is 268 g/mol. The van der Waals surface area contributed by atoms with Gasteiger partial charge in [0.2, 0.25) is 0 Å². The minimum Gasteiger partial charge on any atom is -0.468 e. The van der Waals surface area contributed by atoms with Crippen LogP contribution in [0.3, 0.4) is 0 Å². The maximum atomic E-state index is 12.1. The number of morpholine rings is 1. The SMILES string of the molecule is CCC1CN(CCCC(C)(NC2CC2)C(=O)OC)CCO1. The van der Waals surface area contributed by atoms with Crippen LogP contribution in [0.2, 0.25) is 0 Å². The molecule has 2 unspecified atom stereocenters. The van der Waals surface area contributed by atoms with E-state index >= 15 is 0 Å². The average Bonchev–Trinajstić information content (AvgIpc) is 3.30. The summed E-state index contributed by atoms with van der Waals surface area (Å²) in [7, 11) is 1.48. The maximum absolute atomic E-state index is 12.1. The van der Waals surface area contributed by atoms with Crippen LogP contribution in [0, 0.1) is 0 Å². The molecule has 1 aliphatic heterocycles. The number of nitrogens with zero attached hydrogens (tertiary/aromatic N) is 1. The van der Waals surface area contributed by atoms with Gasteiger partial charge in [-0.15, -0.1) is 0 Å². The maximum Gasteiger partial charge on any atom is 0.325 e. The van der Waals surface area contributed by atoms with Gasteiger partial charge in [-0.25, -0.2) is 0 Å². The van der Waals surface area contributed by atoms with E-state index in [0.717, 1.165) is 45.5 Å². The molecule has 1 heterocycles. The number of nitrogens with one attached hydrogen (secondary N) is 1. The molecule has 5 nitrogen and oxygen atoms in total. The third-order valence-corrected chi connectivity index (χ3v) is 4.57. The summed E-state index contributed by atoms with van der Waals surface area (Å²) in [6, 6.07) is 0.502. The van der Waals surface area contributed by atoms with Gasteiger partial charge in [0.15, 0.2) is 0 Å². The number of rotatable bonds is 8. The Morgan fingerprint density at radius 2 is 2.24 bits per heavy atom. The van der Waals surface area contributed by atoms with Crippen LogP contribution in [-0.4, -0.2) is 61.9 Å².